The van der Waals surface area contributed by atoms with E-state index in [4.69, 9.17) is 0 Å². The van der Waals surface area contributed by atoms with Crippen molar-refractivity contribution >= 4 is 0 Å². The molecule has 17 heavy (non-hydrogen) atoms. The minimum absolute atomic E-state index is 0.499. The highest BCUT2D eigenvalue weighted by atomic mass is 15.5. The molecule has 1 fully saturated rings. The summed E-state index contributed by atoms with van der Waals surface area (Å²) >= 11 is 0. The molecule has 0 aromatic carbocycles. The van der Waals surface area contributed by atoms with Gasteiger partial charge in [-0.1, -0.05) is 13.3 Å². The molecular weight excluding hydrogens is 212 g/mol. The van der Waals surface area contributed by atoms with Crippen molar-refractivity contribution in [2.75, 3.05) is 13.1 Å². The summed E-state index contributed by atoms with van der Waals surface area (Å²) in [7, 11) is 0. The lowest BCUT2D eigenvalue weighted by Crippen LogP contribution is -2.41. The van der Waals surface area contributed by atoms with Gasteiger partial charge in [0.1, 0.15) is 0 Å². The Morgan fingerprint density at radius 2 is 2.12 bits per heavy atom. The quantitative estimate of drug-likeness (QED) is 0.852. The summed E-state index contributed by atoms with van der Waals surface area (Å²) < 4.78 is 2.06. The average Bonchev–Trinajstić information content (AvgIpc) is 2.85. The maximum Gasteiger partial charge on any atom is 0.0776 e. The van der Waals surface area contributed by atoms with Crippen LogP contribution in [0.25, 0.3) is 0 Å². The molecule has 1 aliphatic rings. The Hall–Kier alpha value is -0.870. The largest absolute Gasteiger partial charge is 0.270 e. The second kappa shape index (κ2) is 6.17. The van der Waals surface area contributed by atoms with Crippen molar-refractivity contribution in [1.29, 1.82) is 0 Å². The van der Waals surface area contributed by atoms with Crippen LogP contribution in [0, 0.1) is 0 Å². The van der Waals surface area contributed by atoms with Crippen LogP contribution in [-0.4, -0.2) is 27.9 Å². The van der Waals surface area contributed by atoms with Crippen molar-refractivity contribution in [2.24, 2.45) is 0 Å². The highest BCUT2D eigenvalue weighted by molar-refractivity contribution is 4.99. The van der Waals surface area contributed by atoms with Gasteiger partial charge in [0, 0.05) is 25.3 Å². The van der Waals surface area contributed by atoms with Crippen LogP contribution in [-0.2, 0) is 6.54 Å². The van der Waals surface area contributed by atoms with Crippen LogP contribution in [0.2, 0.25) is 0 Å². The van der Waals surface area contributed by atoms with E-state index in [-0.39, 0.29) is 0 Å². The molecule has 4 heteroatoms. The van der Waals surface area contributed by atoms with Crippen LogP contribution in [0.1, 0.15) is 51.3 Å². The van der Waals surface area contributed by atoms with Gasteiger partial charge >= 0.3 is 0 Å². The molecule has 1 atom stereocenters. The Labute approximate surface area is 104 Å². The number of rotatable bonds is 5. The molecule has 1 unspecified atom stereocenters. The lowest BCUT2D eigenvalue weighted by atomic mass is 10.2. The first-order valence-corrected chi connectivity index (χ1v) is 6.82. The van der Waals surface area contributed by atoms with Gasteiger partial charge in [-0.2, -0.15) is 5.10 Å². The maximum atomic E-state index is 4.59. The summed E-state index contributed by atoms with van der Waals surface area (Å²) in [6, 6.07) is 2.61. The Balaban J connectivity index is 1.80. The van der Waals surface area contributed by atoms with Crippen LogP contribution in [0.15, 0.2) is 12.3 Å². The number of nitrogens with zero attached hydrogens (tertiary/aromatic N) is 3. The van der Waals surface area contributed by atoms with E-state index in [9.17, 15) is 0 Å². The molecule has 1 saturated heterocycles. The third kappa shape index (κ3) is 3.54. The molecule has 0 bridgehead atoms. The molecule has 0 aliphatic carbocycles. The van der Waals surface area contributed by atoms with Crippen LogP contribution < -0.4 is 5.43 Å². The van der Waals surface area contributed by atoms with Gasteiger partial charge in [-0.25, -0.2) is 10.4 Å². The van der Waals surface area contributed by atoms with Crippen molar-refractivity contribution in [2.45, 2.75) is 52.1 Å². The molecule has 1 aliphatic heterocycles. The van der Waals surface area contributed by atoms with Gasteiger partial charge in [0.2, 0.25) is 0 Å². The maximum absolute atomic E-state index is 4.59. The lowest BCUT2D eigenvalue weighted by Gasteiger charge is -2.26. The van der Waals surface area contributed by atoms with Crippen molar-refractivity contribution in [3.05, 3.63) is 18.0 Å². The predicted octanol–water partition coefficient (Wildman–Crippen LogP) is 2.34. The zero-order valence-electron chi connectivity index (χ0n) is 11.0. The number of aromatic nitrogens is 2. The third-order valence-corrected chi connectivity index (χ3v) is 3.55. The number of hydrogen-bond donors (Lipinski definition) is 1. The molecule has 0 spiro atoms. The fraction of sp³-hybridized carbons (Fsp3) is 0.769. The molecule has 1 aromatic heterocycles. The van der Waals surface area contributed by atoms with E-state index < -0.39 is 0 Å². The second-order valence-corrected chi connectivity index (χ2v) is 4.93. The van der Waals surface area contributed by atoms with Gasteiger partial charge in [0.25, 0.3) is 0 Å². The highest BCUT2D eigenvalue weighted by Crippen LogP contribution is 2.10. The van der Waals surface area contributed by atoms with E-state index in [1.165, 1.54) is 32.4 Å². The Morgan fingerprint density at radius 1 is 1.35 bits per heavy atom. The number of hydrogen-bond acceptors (Lipinski definition) is 3. The van der Waals surface area contributed by atoms with E-state index in [1.807, 2.05) is 0 Å². The molecule has 0 saturated carbocycles. The van der Waals surface area contributed by atoms with Gasteiger partial charge in [-0.05, 0) is 32.3 Å². The van der Waals surface area contributed by atoms with Crippen molar-refractivity contribution in [3.8, 4) is 0 Å². The van der Waals surface area contributed by atoms with E-state index >= 15 is 0 Å². The highest BCUT2D eigenvalue weighted by Gasteiger charge is 2.10. The van der Waals surface area contributed by atoms with Crippen LogP contribution in [0.3, 0.4) is 0 Å². The van der Waals surface area contributed by atoms with Gasteiger partial charge < -0.3 is 0 Å². The topological polar surface area (TPSA) is 33.1 Å². The predicted molar refractivity (Wildman–Crippen MR) is 69.5 cm³/mol. The molecule has 2 heterocycles. The molecular formula is C13H24N4. The molecule has 0 amide bonds. The number of piperidine rings is 1. The first-order valence-electron chi connectivity index (χ1n) is 6.82. The molecule has 4 nitrogen and oxygen atoms in total. The summed E-state index contributed by atoms with van der Waals surface area (Å²) in [5.74, 6) is 0. The zero-order chi connectivity index (χ0) is 12.1. The lowest BCUT2D eigenvalue weighted by molar-refractivity contribution is 0.150. The van der Waals surface area contributed by atoms with E-state index in [0.717, 1.165) is 18.7 Å². The Bertz CT molecular complexity index is 328. The number of nitrogens with one attached hydrogen (secondary N) is 1. The molecule has 1 N–H and O–H groups in total. The van der Waals surface area contributed by atoms with E-state index in [2.05, 4.69) is 46.3 Å². The smallest absolute Gasteiger partial charge is 0.0776 e. The van der Waals surface area contributed by atoms with Crippen molar-refractivity contribution < 1.29 is 0 Å². The Morgan fingerprint density at radius 3 is 2.82 bits per heavy atom. The van der Waals surface area contributed by atoms with Gasteiger partial charge in [0.05, 0.1) is 12.2 Å². The van der Waals surface area contributed by atoms with Crippen molar-refractivity contribution in [1.82, 2.24) is 20.2 Å². The minimum Gasteiger partial charge on any atom is -0.270 e. The molecule has 1 aromatic rings. The minimum atomic E-state index is 0.499. The summed E-state index contributed by atoms with van der Waals surface area (Å²) in [6.07, 6.45) is 7.21. The first kappa shape index (κ1) is 12.6. The van der Waals surface area contributed by atoms with Crippen LogP contribution >= 0.6 is 0 Å². The SMILES string of the molecule is CCC(C)n1ccc(CNN2CCCCC2)n1. The summed E-state index contributed by atoms with van der Waals surface area (Å²) in [5, 5.41) is 6.92. The zero-order valence-corrected chi connectivity index (χ0v) is 11.0. The van der Waals surface area contributed by atoms with E-state index in [0.29, 0.717) is 6.04 Å². The monoisotopic (exact) mass is 236 g/mol. The number of hydrazine groups is 1. The first-order chi connectivity index (χ1) is 8.29. The van der Waals surface area contributed by atoms with E-state index in [1.54, 1.807) is 0 Å². The normalized spacial score (nSPS) is 19.4. The molecule has 2 rings (SSSR count). The van der Waals surface area contributed by atoms with Crippen LogP contribution in [0.4, 0.5) is 0 Å². The standard InChI is InChI=1S/C13H24N4/c1-3-12(2)17-10-7-13(15-17)11-14-16-8-5-4-6-9-16/h7,10,12,14H,3-6,8-9,11H2,1-2H3. The van der Waals surface area contributed by atoms with Gasteiger partial charge in [-0.3, -0.25) is 4.68 Å². The summed E-state index contributed by atoms with van der Waals surface area (Å²) in [6.45, 7) is 7.59. The fourth-order valence-electron chi connectivity index (χ4n) is 2.15. The molecule has 0 radical (unpaired) electrons. The van der Waals surface area contributed by atoms with Gasteiger partial charge in [0.15, 0.2) is 0 Å². The Kier molecular flexibility index (Phi) is 4.57. The van der Waals surface area contributed by atoms with Gasteiger partial charge in [-0.15, -0.1) is 0 Å². The third-order valence-electron chi connectivity index (χ3n) is 3.55. The van der Waals surface area contributed by atoms with Crippen molar-refractivity contribution in [3.63, 3.8) is 0 Å². The average molecular weight is 236 g/mol. The molecule has 96 valence electrons. The van der Waals surface area contributed by atoms with Crippen LogP contribution in [0.5, 0.6) is 0 Å². The summed E-state index contributed by atoms with van der Waals surface area (Å²) in [5.41, 5.74) is 4.60. The summed E-state index contributed by atoms with van der Waals surface area (Å²) in [4.78, 5) is 0. The fourth-order valence-corrected chi connectivity index (χ4v) is 2.15. The second-order valence-electron chi connectivity index (χ2n) is 4.93.